The molecule has 0 radical (unpaired) electrons. The first-order valence-electron chi connectivity index (χ1n) is 9.50. The molecule has 1 amide bonds. The van der Waals surface area contributed by atoms with Gasteiger partial charge >= 0.3 is 6.09 Å². The summed E-state index contributed by atoms with van der Waals surface area (Å²) in [7, 11) is 0. The molecule has 142 valence electrons. The van der Waals surface area contributed by atoms with Crippen molar-refractivity contribution in [3.63, 3.8) is 0 Å². The summed E-state index contributed by atoms with van der Waals surface area (Å²) in [5, 5.41) is 0. The first-order chi connectivity index (χ1) is 13.1. The maximum Gasteiger partial charge on any atom is 0.410 e. The van der Waals surface area contributed by atoms with Crippen molar-refractivity contribution in [2.45, 2.75) is 26.9 Å². The number of amides is 1. The largest absolute Gasteiger partial charge is 0.488 e. The molecule has 1 aliphatic heterocycles. The second-order valence-electron chi connectivity index (χ2n) is 7.17. The van der Waals surface area contributed by atoms with Gasteiger partial charge in [0.25, 0.3) is 0 Å². The molecule has 4 nitrogen and oxygen atoms in total. The Labute approximate surface area is 161 Å². The van der Waals surface area contributed by atoms with E-state index in [0.717, 1.165) is 23.3 Å². The molecule has 0 spiro atoms. The highest BCUT2D eigenvalue weighted by molar-refractivity contribution is 5.74. The lowest BCUT2D eigenvalue weighted by molar-refractivity contribution is 0.0954. The standard InChI is InChI=1S/C23H27NO3/c1-18(2)16-27-23(25)24-14-12-20(13-15-24)21-10-6-7-11-22(21)26-17-19-8-4-3-5-9-19/h3-12,18H,13-17H2,1-2H3. The molecular weight excluding hydrogens is 338 g/mol. The summed E-state index contributed by atoms with van der Waals surface area (Å²) in [5.74, 6) is 1.22. The van der Waals surface area contributed by atoms with Crippen LogP contribution >= 0.6 is 0 Å². The zero-order valence-corrected chi connectivity index (χ0v) is 16.1. The lowest BCUT2D eigenvalue weighted by Crippen LogP contribution is -2.35. The van der Waals surface area contributed by atoms with E-state index in [1.54, 1.807) is 4.90 Å². The number of carbonyl (C=O) groups is 1. The summed E-state index contributed by atoms with van der Waals surface area (Å²) in [6, 6.07) is 18.2. The van der Waals surface area contributed by atoms with Gasteiger partial charge in [-0.05, 0) is 29.5 Å². The molecule has 0 unspecified atom stereocenters. The van der Waals surface area contributed by atoms with Crippen LogP contribution < -0.4 is 4.74 Å². The number of benzene rings is 2. The van der Waals surface area contributed by atoms with E-state index < -0.39 is 0 Å². The monoisotopic (exact) mass is 365 g/mol. The lowest BCUT2D eigenvalue weighted by Gasteiger charge is -2.27. The summed E-state index contributed by atoms with van der Waals surface area (Å²) < 4.78 is 11.4. The average molecular weight is 365 g/mol. The highest BCUT2D eigenvalue weighted by atomic mass is 16.6. The molecule has 4 heteroatoms. The van der Waals surface area contributed by atoms with Gasteiger partial charge in [0, 0.05) is 18.7 Å². The molecular formula is C23H27NO3. The molecule has 2 aromatic rings. The Bertz CT molecular complexity index is 783. The fraction of sp³-hybridized carbons (Fsp3) is 0.348. The van der Waals surface area contributed by atoms with Gasteiger partial charge in [-0.1, -0.05) is 68.5 Å². The van der Waals surface area contributed by atoms with Crippen LogP contribution in [0.1, 0.15) is 31.4 Å². The number of hydrogen-bond acceptors (Lipinski definition) is 3. The molecule has 0 saturated carbocycles. The number of rotatable bonds is 6. The summed E-state index contributed by atoms with van der Waals surface area (Å²) in [6.07, 6.45) is 2.67. The van der Waals surface area contributed by atoms with Crippen LogP contribution in [0.3, 0.4) is 0 Å². The van der Waals surface area contributed by atoms with E-state index in [9.17, 15) is 4.79 Å². The Morgan fingerprint density at radius 2 is 1.81 bits per heavy atom. The van der Waals surface area contributed by atoms with E-state index in [0.29, 0.717) is 32.2 Å². The van der Waals surface area contributed by atoms with Crippen molar-refractivity contribution in [1.29, 1.82) is 0 Å². The average Bonchev–Trinajstić information content (AvgIpc) is 2.71. The molecule has 0 aromatic heterocycles. The fourth-order valence-electron chi connectivity index (χ4n) is 3.00. The van der Waals surface area contributed by atoms with E-state index >= 15 is 0 Å². The van der Waals surface area contributed by atoms with Crippen LogP contribution in [0.2, 0.25) is 0 Å². The van der Waals surface area contributed by atoms with Crippen molar-refractivity contribution in [2.24, 2.45) is 5.92 Å². The van der Waals surface area contributed by atoms with Crippen LogP contribution in [0.4, 0.5) is 4.79 Å². The third kappa shape index (κ3) is 5.36. The van der Waals surface area contributed by atoms with Crippen molar-refractivity contribution in [2.75, 3.05) is 19.7 Å². The van der Waals surface area contributed by atoms with E-state index in [1.165, 1.54) is 5.57 Å². The number of para-hydroxylation sites is 1. The van der Waals surface area contributed by atoms with Gasteiger partial charge in [0.2, 0.25) is 0 Å². The smallest absolute Gasteiger partial charge is 0.410 e. The Kier molecular flexibility index (Phi) is 6.53. The first kappa shape index (κ1) is 19.0. The summed E-state index contributed by atoms with van der Waals surface area (Å²) in [6.45, 7) is 6.30. The number of hydrogen-bond donors (Lipinski definition) is 0. The highest BCUT2D eigenvalue weighted by Crippen LogP contribution is 2.31. The highest BCUT2D eigenvalue weighted by Gasteiger charge is 2.20. The zero-order valence-electron chi connectivity index (χ0n) is 16.1. The lowest BCUT2D eigenvalue weighted by atomic mass is 9.98. The molecule has 0 fully saturated rings. The van der Waals surface area contributed by atoms with Gasteiger partial charge in [0.05, 0.1) is 6.61 Å². The number of carbonyl (C=O) groups excluding carboxylic acids is 1. The summed E-state index contributed by atoms with van der Waals surface area (Å²) in [5.41, 5.74) is 3.46. The van der Waals surface area contributed by atoms with Crippen molar-refractivity contribution in [3.05, 3.63) is 71.8 Å². The topological polar surface area (TPSA) is 38.8 Å². The molecule has 0 saturated heterocycles. The minimum Gasteiger partial charge on any atom is -0.488 e. The van der Waals surface area contributed by atoms with Gasteiger partial charge in [0.15, 0.2) is 0 Å². The van der Waals surface area contributed by atoms with E-state index in [1.807, 2.05) is 50.2 Å². The van der Waals surface area contributed by atoms with Crippen LogP contribution in [0.25, 0.3) is 5.57 Å². The van der Waals surface area contributed by atoms with Crippen molar-refractivity contribution >= 4 is 11.7 Å². The van der Waals surface area contributed by atoms with E-state index in [2.05, 4.69) is 24.3 Å². The van der Waals surface area contributed by atoms with Crippen LogP contribution in [0.15, 0.2) is 60.7 Å². The third-order valence-corrected chi connectivity index (χ3v) is 4.48. The van der Waals surface area contributed by atoms with Gasteiger partial charge in [-0.2, -0.15) is 0 Å². The van der Waals surface area contributed by atoms with Crippen LogP contribution in [0, 0.1) is 5.92 Å². The van der Waals surface area contributed by atoms with Crippen molar-refractivity contribution < 1.29 is 14.3 Å². The van der Waals surface area contributed by atoms with Crippen LogP contribution in [0.5, 0.6) is 5.75 Å². The van der Waals surface area contributed by atoms with Gasteiger partial charge in [0.1, 0.15) is 12.4 Å². The second kappa shape index (κ2) is 9.26. The molecule has 0 N–H and O–H groups in total. The molecule has 1 heterocycles. The molecule has 0 aliphatic carbocycles. The Hall–Kier alpha value is -2.75. The van der Waals surface area contributed by atoms with Crippen molar-refractivity contribution in [3.8, 4) is 5.75 Å². The van der Waals surface area contributed by atoms with Gasteiger partial charge in [-0.3, -0.25) is 0 Å². The summed E-state index contributed by atoms with van der Waals surface area (Å²) >= 11 is 0. The fourth-order valence-corrected chi connectivity index (χ4v) is 3.00. The Morgan fingerprint density at radius 3 is 2.52 bits per heavy atom. The SMILES string of the molecule is CC(C)COC(=O)N1CC=C(c2ccccc2OCc2ccccc2)CC1. The number of nitrogens with zero attached hydrogens (tertiary/aromatic N) is 1. The van der Waals surface area contributed by atoms with E-state index in [4.69, 9.17) is 9.47 Å². The molecule has 0 bridgehead atoms. The minimum atomic E-state index is -0.229. The normalized spacial score (nSPS) is 14.0. The first-order valence-corrected chi connectivity index (χ1v) is 9.50. The van der Waals surface area contributed by atoms with Crippen LogP contribution in [-0.2, 0) is 11.3 Å². The van der Waals surface area contributed by atoms with Gasteiger partial charge in [-0.15, -0.1) is 0 Å². The molecule has 27 heavy (non-hydrogen) atoms. The summed E-state index contributed by atoms with van der Waals surface area (Å²) in [4.78, 5) is 13.9. The maximum atomic E-state index is 12.1. The van der Waals surface area contributed by atoms with Gasteiger partial charge < -0.3 is 14.4 Å². The second-order valence-corrected chi connectivity index (χ2v) is 7.17. The van der Waals surface area contributed by atoms with Crippen molar-refractivity contribution in [1.82, 2.24) is 4.90 Å². The van der Waals surface area contributed by atoms with Gasteiger partial charge in [-0.25, -0.2) is 4.79 Å². The maximum absolute atomic E-state index is 12.1. The molecule has 3 rings (SSSR count). The Balaban J connectivity index is 1.64. The molecule has 2 aromatic carbocycles. The molecule has 0 atom stereocenters. The Morgan fingerprint density at radius 1 is 1.07 bits per heavy atom. The number of ether oxygens (including phenoxy) is 2. The van der Waals surface area contributed by atoms with E-state index in [-0.39, 0.29) is 6.09 Å². The quantitative estimate of drug-likeness (QED) is 0.711. The molecule has 1 aliphatic rings. The predicted octanol–water partition coefficient (Wildman–Crippen LogP) is 5.15. The minimum absolute atomic E-state index is 0.229. The third-order valence-electron chi connectivity index (χ3n) is 4.48. The predicted molar refractivity (Wildman–Crippen MR) is 108 cm³/mol. The van der Waals surface area contributed by atoms with Crippen LogP contribution in [-0.4, -0.2) is 30.7 Å². The zero-order chi connectivity index (χ0) is 19.1.